The zero-order valence-corrected chi connectivity index (χ0v) is 11.6. The summed E-state index contributed by atoms with van der Waals surface area (Å²) in [5, 5.41) is 0. The molecule has 2 rings (SSSR count). The first-order chi connectivity index (χ1) is 8.45. The van der Waals surface area contributed by atoms with Crippen LogP contribution in [0.2, 0.25) is 0 Å². The molecular formula is C14H16BrF3. The van der Waals surface area contributed by atoms with Crippen LogP contribution in [0.5, 0.6) is 0 Å². The third kappa shape index (κ3) is 3.74. The second-order valence-electron chi connectivity index (χ2n) is 5.09. The van der Waals surface area contributed by atoms with Crippen molar-refractivity contribution in [2.75, 3.05) is 0 Å². The lowest BCUT2D eigenvalue weighted by Gasteiger charge is -2.29. The molecule has 1 aromatic rings. The van der Waals surface area contributed by atoms with Crippen LogP contribution in [0.3, 0.4) is 0 Å². The van der Waals surface area contributed by atoms with Crippen molar-refractivity contribution in [3.63, 3.8) is 0 Å². The zero-order chi connectivity index (χ0) is 13.2. The van der Waals surface area contributed by atoms with Crippen molar-refractivity contribution in [3.05, 3.63) is 34.3 Å². The zero-order valence-electron chi connectivity index (χ0n) is 10.0. The Balaban J connectivity index is 1.87. The highest BCUT2D eigenvalue weighted by atomic mass is 79.9. The van der Waals surface area contributed by atoms with Gasteiger partial charge in [-0.25, -0.2) is 0 Å². The minimum absolute atomic E-state index is 0.294. The van der Waals surface area contributed by atoms with Gasteiger partial charge in [0.1, 0.15) is 0 Å². The number of benzene rings is 1. The lowest BCUT2D eigenvalue weighted by Crippen LogP contribution is -2.28. The molecule has 1 saturated carbocycles. The van der Waals surface area contributed by atoms with E-state index in [-0.39, 0.29) is 0 Å². The number of rotatable bonds is 2. The van der Waals surface area contributed by atoms with Crippen LogP contribution in [0.1, 0.15) is 31.2 Å². The third-order valence-electron chi connectivity index (χ3n) is 3.72. The summed E-state index contributed by atoms with van der Waals surface area (Å²) in [6.07, 6.45) is -1.14. The summed E-state index contributed by atoms with van der Waals surface area (Å²) in [6, 6.07) is 8.03. The van der Waals surface area contributed by atoms with Gasteiger partial charge in [-0.1, -0.05) is 28.1 Å². The molecule has 0 saturated heterocycles. The molecule has 0 unspecified atom stereocenters. The standard InChI is InChI=1S/C14H16BrF3/c15-13-3-1-2-11(9-13)8-10-4-6-12(7-5-10)14(16,17)18/h1-3,9-10,12H,4-8H2. The van der Waals surface area contributed by atoms with Crippen molar-refractivity contribution in [1.29, 1.82) is 0 Å². The number of hydrogen-bond acceptors (Lipinski definition) is 0. The van der Waals surface area contributed by atoms with E-state index in [9.17, 15) is 13.2 Å². The van der Waals surface area contributed by atoms with Crippen molar-refractivity contribution < 1.29 is 13.2 Å². The quantitative estimate of drug-likeness (QED) is 0.688. The van der Waals surface area contributed by atoms with Gasteiger partial charge in [-0.05, 0) is 55.7 Å². The topological polar surface area (TPSA) is 0 Å². The largest absolute Gasteiger partial charge is 0.391 e. The maximum atomic E-state index is 12.5. The van der Waals surface area contributed by atoms with Crippen LogP contribution < -0.4 is 0 Å². The van der Waals surface area contributed by atoms with Gasteiger partial charge >= 0.3 is 6.18 Å². The van der Waals surface area contributed by atoms with Crippen molar-refractivity contribution >= 4 is 15.9 Å². The summed E-state index contributed by atoms with van der Waals surface area (Å²) in [4.78, 5) is 0. The van der Waals surface area contributed by atoms with Crippen LogP contribution >= 0.6 is 15.9 Å². The van der Waals surface area contributed by atoms with E-state index in [4.69, 9.17) is 0 Å². The molecule has 4 heteroatoms. The molecule has 0 aliphatic heterocycles. The molecule has 0 aromatic heterocycles. The lowest BCUT2D eigenvalue weighted by molar-refractivity contribution is -0.183. The Kier molecular flexibility index (Phi) is 4.36. The van der Waals surface area contributed by atoms with E-state index in [1.807, 2.05) is 18.2 Å². The molecule has 0 N–H and O–H groups in total. The normalized spacial score (nSPS) is 25.1. The first-order valence-corrected chi connectivity index (χ1v) is 7.05. The summed E-state index contributed by atoms with van der Waals surface area (Å²) < 4.78 is 38.7. The fourth-order valence-corrected chi connectivity index (χ4v) is 3.14. The van der Waals surface area contributed by atoms with Gasteiger partial charge < -0.3 is 0 Å². The molecular weight excluding hydrogens is 305 g/mol. The minimum Gasteiger partial charge on any atom is -0.171 e. The van der Waals surface area contributed by atoms with Gasteiger partial charge in [0.05, 0.1) is 5.92 Å². The van der Waals surface area contributed by atoms with Gasteiger partial charge in [-0.15, -0.1) is 0 Å². The monoisotopic (exact) mass is 320 g/mol. The first kappa shape index (κ1) is 13.9. The Labute approximate surface area is 114 Å². The van der Waals surface area contributed by atoms with E-state index in [2.05, 4.69) is 22.0 Å². The molecule has 0 heterocycles. The predicted octanol–water partition coefficient (Wildman–Crippen LogP) is 5.36. The smallest absolute Gasteiger partial charge is 0.171 e. The molecule has 0 nitrogen and oxygen atoms in total. The highest BCUT2D eigenvalue weighted by molar-refractivity contribution is 9.10. The molecule has 1 aliphatic carbocycles. The maximum absolute atomic E-state index is 12.5. The van der Waals surface area contributed by atoms with Crippen LogP contribution in [0.25, 0.3) is 0 Å². The molecule has 1 aromatic carbocycles. The summed E-state index contributed by atoms with van der Waals surface area (Å²) in [6.45, 7) is 0. The van der Waals surface area contributed by atoms with Crippen LogP contribution in [-0.4, -0.2) is 6.18 Å². The van der Waals surface area contributed by atoms with E-state index in [1.54, 1.807) is 0 Å². The molecule has 0 atom stereocenters. The average molecular weight is 321 g/mol. The summed E-state index contributed by atoms with van der Waals surface area (Å²) in [5.74, 6) is -0.672. The Morgan fingerprint density at radius 3 is 2.33 bits per heavy atom. The first-order valence-electron chi connectivity index (χ1n) is 6.26. The van der Waals surface area contributed by atoms with E-state index in [0.717, 1.165) is 10.9 Å². The van der Waals surface area contributed by atoms with Gasteiger partial charge in [0.2, 0.25) is 0 Å². The maximum Gasteiger partial charge on any atom is 0.391 e. The minimum atomic E-state index is -4.00. The Bertz CT molecular complexity index is 392. The van der Waals surface area contributed by atoms with Gasteiger partial charge in [0.25, 0.3) is 0 Å². The summed E-state index contributed by atoms with van der Waals surface area (Å²) in [7, 11) is 0. The third-order valence-corrected chi connectivity index (χ3v) is 4.22. The van der Waals surface area contributed by atoms with Gasteiger partial charge in [-0.2, -0.15) is 13.2 Å². The van der Waals surface area contributed by atoms with E-state index < -0.39 is 12.1 Å². The van der Waals surface area contributed by atoms with Crippen molar-refractivity contribution in [2.24, 2.45) is 11.8 Å². The molecule has 100 valence electrons. The summed E-state index contributed by atoms with van der Waals surface area (Å²) >= 11 is 3.41. The fraction of sp³-hybridized carbons (Fsp3) is 0.571. The predicted molar refractivity (Wildman–Crippen MR) is 69.3 cm³/mol. The van der Waals surface area contributed by atoms with Gasteiger partial charge in [-0.3, -0.25) is 0 Å². The Morgan fingerprint density at radius 2 is 1.78 bits per heavy atom. The van der Waals surface area contributed by atoms with Crippen LogP contribution in [0.15, 0.2) is 28.7 Å². The highest BCUT2D eigenvalue weighted by Gasteiger charge is 2.41. The van der Waals surface area contributed by atoms with E-state index in [1.165, 1.54) is 5.56 Å². The second-order valence-corrected chi connectivity index (χ2v) is 6.01. The molecule has 1 fully saturated rings. The van der Waals surface area contributed by atoms with Crippen molar-refractivity contribution in [3.8, 4) is 0 Å². The highest BCUT2D eigenvalue weighted by Crippen LogP contribution is 2.40. The SMILES string of the molecule is FC(F)(F)C1CCC(Cc2cccc(Br)c2)CC1. The van der Waals surface area contributed by atoms with Crippen LogP contribution in [-0.2, 0) is 6.42 Å². The molecule has 0 amide bonds. The Hall–Kier alpha value is -0.510. The molecule has 0 radical (unpaired) electrons. The van der Waals surface area contributed by atoms with Crippen LogP contribution in [0, 0.1) is 11.8 Å². The molecule has 0 spiro atoms. The average Bonchev–Trinajstić information content (AvgIpc) is 2.28. The molecule has 0 bridgehead atoms. The van der Waals surface area contributed by atoms with Crippen molar-refractivity contribution in [1.82, 2.24) is 0 Å². The second kappa shape index (κ2) is 5.64. The summed E-state index contributed by atoms with van der Waals surface area (Å²) in [5.41, 5.74) is 1.21. The van der Waals surface area contributed by atoms with Crippen LogP contribution in [0.4, 0.5) is 13.2 Å². The number of halogens is 4. The fourth-order valence-electron chi connectivity index (χ4n) is 2.69. The Morgan fingerprint density at radius 1 is 1.11 bits per heavy atom. The molecule has 1 aliphatic rings. The number of hydrogen-bond donors (Lipinski definition) is 0. The van der Waals surface area contributed by atoms with Crippen molar-refractivity contribution in [2.45, 2.75) is 38.3 Å². The van der Waals surface area contributed by atoms with E-state index in [0.29, 0.717) is 31.6 Å². The van der Waals surface area contributed by atoms with Gasteiger partial charge in [0.15, 0.2) is 0 Å². The van der Waals surface area contributed by atoms with E-state index >= 15 is 0 Å². The van der Waals surface area contributed by atoms with Gasteiger partial charge in [0, 0.05) is 4.47 Å². The molecule has 18 heavy (non-hydrogen) atoms. The lowest BCUT2D eigenvalue weighted by atomic mass is 9.79. The number of alkyl halides is 3.